The number of benzene rings is 1. The molecule has 0 spiro atoms. The molecule has 0 saturated heterocycles. The van der Waals surface area contributed by atoms with Gasteiger partial charge < -0.3 is 10.2 Å². The predicted octanol–water partition coefficient (Wildman–Crippen LogP) is 3.35. The van der Waals surface area contributed by atoms with Crippen molar-refractivity contribution < 1.29 is 0 Å². The van der Waals surface area contributed by atoms with Gasteiger partial charge in [-0.25, -0.2) is 0 Å². The van der Waals surface area contributed by atoms with Crippen LogP contribution in [0.4, 0.5) is 5.69 Å². The van der Waals surface area contributed by atoms with E-state index in [2.05, 4.69) is 42.4 Å². The van der Waals surface area contributed by atoms with Crippen LogP contribution in [0.3, 0.4) is 0 Å². The second kappa shape index (κ2) is 5.16. The van der Waals surface area contributed by atoms with Crippen molar-refractivity contribution in [3.63, 3.8) is 0 Å². The second-order valence-corrected chi connectivity index (χ2v) is 6.49. The molecule has 1 aliphatic heterocycles. The van der Waals surface area contributed by atoms with Crippen LogP contribution < -0.4 is 10.2 Å². The molecule has 1 heterocycles. The molecular formula is C17H26N2. The van der Waals surface area contributed by atoms with Gasteiger partial charge in [0.15, 0.2) is 0 Å². The van der Waals surface area contributed by atoms with Gasteiger partial charge in [-0.3, -0.25) is 0 Å². The minimum absolute atomic E-state index is 0.658. The lowest BCUT2D eigenvalue weighted by atomic mass is 10.0. The fourth-order valence-electron chi connectivity index (χ4n) is 3.42. The van der Waals surface area contributed by atoms with Crippen LogP contribution in [0.2, 0.25) is 0 Å². The second-order valence-electron chi connectivity index (χ2n) is 6.49. The molecule has 3 rings (SSSR count). The predicted molar refractivity (Wildman–Crippen MR) is 81.7 cm³/mol. The molecule has 1 aromatic rings. The first-order valence-electron chi connectivity index (χ1n) is 7.76. The van der Waals surface area contributed by atoms with E-state index in [0.29, 0.717) is 5.41 Å². The quantitative estimate of drug-likeness (QED) is 0.842. The third-order valence-electron chi connectivity index (χ3n) is 4.84. The van der Waals surface area contributed by atoms with E-state index in [9.17, 15) is 0 Å². The molecule has 0 amide bonds. The fraction of sp³-hybridized carbons (Fsp3) is 0.647. The molecular weight excluding hydrogens is 232 g/mol. The number of nitrogens with zero attached hydrogens (tertiary/aromatic N) is 1. The Hall–Kier alpha value is -1.02. The maximum atomic E-state index is 3.68. The molecule has 1 aliphatic carbocycles. The van der Waals surface area contributed by atoms with E-state index in [4.69, 9.17) is 0 Å². The van der Waals surface area contributed by atoms with E-state index in [1.165, 1.54) is 62.0 Å². The zero-order valence-corrected chi connectivity index (χ0v) is 12.3. The Morgan fingerprint density at radius 3 is 2.89 bits per heavy atom. The Bertz CT molecular complexity index is 449. The molecule has 19 heavy (non-hydrogen) atoms. The average Bonchev–Trinajstić information content (AvgIpc) is 3.07. The number of likely N-dealkylation sites (N-methyl/N-ethyl adjacent to an activating group) is 1. The largest absolute Gasteiger partial charge is 0.374 e. The zero-order chi connectivity index (χ0) is 13.3. The van der Waals surface area contributed by atoms with Gasteiger partial charge in [0.05, 0.1) is 0 Å². The number of rotatable bonds is 6. The van der Waals surface area contributed by atoms with Crippen molar-refractivity contribution in [2.24, 2.45) is 5.41 Å². The number of anilines is 1. The highest BCUT2D eigenvalue weighted by Gasteiger charge is 2.40. The summed E-state index contributed by atoms with van der Waals surface area (Å²) in [6, 6.07) is 6.97. The number of nitrogens with one attached hydrogen (secondary N) is 1. The van der Waals surface area contributed by atoms with Crippen molar-refractivity contribution in [3.05, 3.63) is 29.3 Å². The summed E-state index contributed by atoms with van der Waals surface area (Å²) >= 11 is 0. The molecule has 1 saturated carbocycles. The van der Waals surface area contributed by atoms with Crippen LogP contribution in [0, 0.1) is 5.41 Å². The van der Waals surface area contributed by atoms with Gasteiger partial charge in [-0.05, 0) is 48.3 Å². The summed E-state index contributed by atoms with van der Waals surface area (Å²) in [4.78, 5) is 2.35. The van der Waals surface area contributed by atoms with Gasteiger partial charge in [0, 0.05) is 32.4 Å². The Morgan fingerprint density at radius 2 is 2.16 bits per heavy atom. The summed E-state index contributed by atoms with van der Waals surface area (Å²) in [5.41, 5.74) is 5.05. The van der Waals surface area contributed by atoms with E-state index in [1.807, 2.05) is 0 Å². The maximum Gasteiger partial charge on any atom is 0.0397 e. The highest BCUT2D eigenvalue weighted by Crippen LogP contribution is 2.48. The molecule has 2 heteroatoms. The summed E-state index contributed by atoms with van der Waals surface area (Å²) in [6.07, 6.45) is 6.80. The van der Waals surface area contributed by atoms with Crippen LogP contribution in [0.1, 0.15) is 43.7 Å². The Labute approximate surface area is 117 Å². The molecule has 1 fully saturated rings. The maximum absolute atomic E-state index is 3.68. The number of hydrogen-bond donors (Lipinski definition) is 1. The van der Waals surface area contributed by atoms with Crippen molar-refractivity contribution >= 4 is 5.69 Å². The molecule has 0 radical (unpaired) electrons. The van der Waals surface area contributed by atoms with E-state index in [0.717, 1.165) is 6.54 Å². The summed E-state index contributed by atoms with van der Waals surface area (Å²) in [6.45, 7) is 5.71. The van der Waals surface area contributed by atoms with Gasteiger partial charge in [-0.1, -0.05) is 25.5 Å². The van der Waals surface area contributed by atoms with Gasteiger partial charge in [0.1, 0.15) is 0 Å². The minimum atomic E-state index is 0.658. The topological polar surface area (TPSA) is 15.3 Å². The lowest BCUT2D eigenvalue weighted by Crippen LogP contribution is -2.23. The first-order valence-corrected chi connectivity index (χ1v) is 7.76. The number of hydrogen-bond acceptors (Lipinski definition) is 2. The summed E-state index contributed by atoms with van der Waals surface area (Å²) in [7, 11) is 2.19. The minimum Gasteiger partial charge on any atom is -0.374 e. The third-order valence-corrected chi connectivity index (χ3v) is 4.84. The summed E-state index contributed by atoms with van der Waals surface area (Å²) in [5.74, 6) is 0. The van der Waals surface area contributed by atoms with Gasteiger partial charge >= 0.3 is 0 Å². The Kier molecular flexibility index (Phi) is 3.53. The monoisotopic (exact) mass is 258 g/mol. The van der Waals surface area contributed by atoms with Crippen LogP contribution >= 0.6 is 0 Å². The molecule has 0 unspecified atom stereocenters. The average molecular weight is 258 g/mol. The van der Waals surface area contributed by atoms with E-state index >= 15 is 0 Å². The van der Waals surface area contributed by atoms with Crippen molar-refractivity contribution in [1.82, 2.24) is 5.32 Å². The summed E-state index contributed by atoms with van der Waals surface area (Å²) in [5, 5.41) is 3.68. The van der Waals surface area contributed by atoms with Crippen molar-refractivity contribution in [2.75, 3.05) is 25.0 Å². The molecule has 1 N–H and O–H groups in total. The highest BCUT2D eigenvalue weighted by atomic mass is 15.1. The molecule has 1 aromatic carbocycles. The standard InChI is InChI=1S/C17H26N2/c1-3-7-17(8-9-17)13-18-12-14-4-5-16-15(11-14)6-10-19(16)2/h4-5,11,18H,3,6-10,12-13H2,1-2H3. The van der Waals surface area contributed by atoms with Gasteiger partial charge in [-0.15, -0.1) is 0 Å². The van der Waals surface area contributed by atoms with Crippen LogP contribution in [-0.2, 0) is 13.0 Å². The van der Waals surface area contributed by atoms with Crippen molar-refractivity contribution in [3.8, 4) is 0 Å². The van der Waals surface area contributed by atoms with Crippen molar-refractivity contribution in [1.29, 1.82) is 0 Å². The lowest BCUT2D eigenvalue weighted by Gasteiger charge is -2.16. The SMILES string of the molecule is CCCC1(CNCc2ccc3c(c2)CCN3C)CC1. The van der Waals surface area contributed by atoms with Crippen LogP contribution in [0.5, 0.6) is 0 Å². The molecule has 0 atom stereocenters. The molecule has 0 bridgehead atoms. The van der Waals surface area contributed by atoms with Gasteiger partial charge in [0.25, 0.3) is 0 Å². The van der Waals surface area contributed by atoms with Crippen molar-refractivity contribution in [2.45, 2.75) is 45.6 Å². The molecule has 104 valence electrons. The van der Waals surface area contributed by atoms with Gasteiger partial charge in [-0.2, -0.15) is 0 Å². The fourth-order valence-corrected chi connectivity index (χ4v) is 3.42. The third kappa shape index (κ3) is 2.79. The molecule has 2 aliphatic rings. The lowest BCUT2D eigenvalue weighted by molar-refractivity contribution is 0.421. The van der Waals surface area contributed by atoms with Crippen LogP contribution in [-0.4, -0.2) is 20.1 Å². The first kappa shape index (κ1) is 13.0. The number of fused-ring (bicyclic) bond motifs is 1. The molecule has 0 aromatic heterocycles. The summed E-state index contributed by atoms with van der Waals surface area (Å²) < 4.78 is 0. The van der Waals surface area contributed by atoms with Gasteiger partial charge in [0.2, 0.25) is 0 Å². The van der Waals surface area contributed by atoms with E-state index < -0.39 is 0 Å². The normalized spacial score (nSPS) is 19.6. The van der Waals surface area contributed by atoms with Crippen LogP contribution in [0.25, 0.3) is 0 Å². The van der Waals surface area contributed by atoms with E-state index in [1.54, 1.807) is 0 Å². The Balaban J connectivity index is 1.54. The van der Waals surface area contributed by atoms with Crippen LogP contribution in [0.15, 0.2) is 18.2 Å². The smallest absolute Gasteiger partial charge is 0.0397 e. The molecule has 2 nitrogen and oxygen atoms in total. The van der Waals surface area contributed by atoms with E-state index in [-0.39, 0.29) is 0 Å². The highest BCUT2D eigenvalue weighted by molar-refractivity contribution is 5.58. The first-order chi connectivity index (χ1) is 9.22. The zero-order valence-electron chi connectivity index (χ0n) is 12.3. The Morgan fingerprint density at radius 1 is 1.32 bits per heavy atom.